The lowest BCUT2D eigenvalue weighted by atomic mass is 10.1. The largest absolute Gasteiger partial charge is 0.465 e. The molecule has 0 radical (unpaired) electrons. The number of rotatable bonds is 4. The van der Waals surface area contributed by atoms with Crippen LogP contribution in [0.3, 0.4) is 0 Å². The Morgan fingerprint density at radius 1 is 0.947 bits per heavy atom. The van der Waals surface area contributed by atoms with Crippen molar-refractivity contribution in [3.63, 3.8) is 0 Å². The van der Waals surface area contributed by atoms with Crippen molar-refractivity contribution in [2.45, 2.75) is 0 Å². The van der Waals surface area contributed by atoms with Crippen molar-refractivity contribution in [2.24, 2.45) is 0 Å². The first-order chi connectivity index (χ1) is 9.31. The molecule has 0 aromatic heterocycles. The van der Waals surface area contributed by atoms with Crippen LogP contribution in [-0.2, 0) is 9.53 Å². The summed E-state index contributed by atoms with van der Waals surface area (Å²) in [6, 6.07) is 18.5. The molecule has 2 rings (SSSR count). The van der Waals surface area contributed by atoms with Gasteiger partial charge in [-0.05, 0) is 17.7 Å². The lowest BCUT2D eigenvalue weighted by Gasteiger charge is -2.06. The second-order valence-corrected chi connectivity index (χ2v) is 3.82. The van der Waals surface area contributed by atoms with Gasteiger partial charge in [0.15, 0.2) is 0 Å². The van der Waals surface area contributed by atoms with Crippen molar-refractivity contribution in [3.05, 3.63) is 72.5 Å². The summed E-state index contributed by atoms with van der Waals surface area (Å²) in [5.41, 5.74) is 1.14. The summed E-state index contributed by atoms with van der Waals surface area (Å²) in [6.07, 6.45) is 1.41. The normalized spacial score (nSPS) is 10.9. The SMILES string of the molecule is COC(=O)/C(=C\Oc1ccccc1)c1ccccc1. The van der Waals surface area contributed by atoms with Crippen LogP contribution in [0.1, 0.15) is 5.56 Å². The van der Waals surface area contributed by atoms with Crippen LogP contribution in [0.4, 0.5) is 0 Å². The molecule has 0 N–H and O–H groups in total. The first-order valence-corrected chi connectivity index (χ1v) is 5.87. The van der Waals surface area contributed by atoms with E-state index in [-0.39, 0.29) is 0 Å². The van der Waals surface area contributed by atoms with Crippen LogP contribution in [0.15, 0.2) is 66.9 Å². The summed E-state index contributed by atoms with van der Waals surface area (Å²) in [7, 11) is 1.35. The lowest BCUT2D eigenvalue weighted by Crippen LogP contribution is -2.05. The van der Waals surface area contributed by atoms with Crippen LogP contribution in [0, 0.1) is 0 Å². The number of esters is 1. The number of hydrogen-bond donors (Lipinski definition) is 0. The molecule has 0 unspecified atom stereocenters. The van der Waals surface area contributed by atoms with Gasteiger partial charge in [-0.2, -0.15) is 0 Å². The van der Waals surface area contributed by atoms with E-state index in [4.69, 9.17) is 9.47 Å². The van der Waals surface area contributed by atoms with Crippen molar-refractivity contribution in [3.8, 4) is 5.75 Å². The molecule has 0 atom stereocenters. The number of methoxy groups -OCH3 is 1. The Labute approximate surface area is 112 Å². The summed E-state index contributed by atoms with van der Waals surface area (Å²) < 4.78 is 10.3. The number of benzene rings is 2. The Hall–Kier alpha value is -2.55. The topological polar surface area (TPSA) is 35.5 Å². The van der Waals surface area contributed by atoms with Gasteiger partial charge in [0, 0.05) is 0 Å². The molecule has 3 nitrogen and oxygen atoms in total. The summed E-state index contributed by atoms with van der Waals surface area (Å²) in [6.45, 7) is 0. The predicted octanol–water partition coefficient (Wildman–Crippen LogP) is 3.28. The van der Waals surface area contributed by atoms with Crippen LogP contribution < -0.4 is 4.74 Å². The summed E-state index contributed by atoms with van der Waals surface area (Å²) in [4.78, 5) is 11.8. The Kier molecular flexibility index (Phi) is 4.34. The fraction of sp³-hybridized carbons (Fsp3) is 0.0625. The monoisotopic (exact) mass is 254 g/mol. The molecule has 0 heterocycles. The minimum Gasteiger partial charge on any atom is -0.465 e. The van der Waals surface area contributed by atoms with Gasteiger partial charge in [0.1, 0.15) is 17.6 Å². The molecule has 19 heavy (non-hydrogen) atoms. The average molecular weight is 254 g/mol. The average Bonchev–Trinajstić information content (AvgIpc) is 2.49. The Bertz CT molecular complexity index is 559. The summed E-state index contributed by atoms with van der Waals surface area (Å²) in [5.74, 6) is 0.238. The number of carbonyl (C=O) groups is 1. The van der Waals surface area contributed by atoms with Gasteiger partial charge in [0.2, 0.25) is 0 Å². The molecular weight excluding hydrogens is 240 g/mol. The molecule has 0 aliphatic heterocycles. The highest BCUT2D eigenvalue weighted by atomic mass is 16.5. The van der Waals surface area contributed by atoms with E-state index in [0.717, 1.165) is 5.56 Å². The number of carbonyl (C=O) groups excluding carboxylic acids is 1. The lowest BCUT2D eigenvalue weighted by molar-refractivity contribution is -0.133. The maximum Gasteiger partial charge on any atom is 0.341 e. The maximum atomic E-state index is 11.8. The van der Waals surface area contributed by atoms with Crippen LogP contribution in [0.5, 0.6) is 5.75 Å². The number of hydrogen-bond acceptors (Lipinski definition) is 3. The van der Waals surface area contributed by atoms with Crippen molar-refractivity contribution in [2.75, 3.05) is 7.11 Å². The van der Waals surface area contributed by atoms with E-state index >= 15 is 0 Å². The van der Waals surface area contributed by atoms with E-state index in [9.17, 15) is 4.79 Å². The highest BCUT2D eigenvalue weighted by Crippen LogP contribution is 2.17. The molecule has 96 valence electrons. The molecule has 2 aromatic rings. The van der Waals surface area contributed by atoms with Crippen LogP contribution in [-0.4, -0.2) is 13.1 Å². The van der Waals surface area contributed by atoms with Gasteiger partial charge in [-0.25, -0.2) is 4.79 Å². The van der Waals surface area contributed by atoms with Gasteiger partial charge in [-0.1, -0.05) is 48.5 Å². The van der Waals surface area contributed by atoms with Crippen molar-refractivity contribution in [1.29, 1.82) is 0 Å². The third kappa shape index (κ3) is 3.45. The Balaban J connectivity index is 2.26. The molecule has 3 heteroatoms. The van der Waals surface area contributed by atoms with Gasteiger partial charge < -0.3 is 9.47 Å². The van der Waals surface area contributed by atoms with E-state index in [1.807, 2.05) is 60.7 Å². The molecule has 0 amide bonds. The number of ether oxygens (including phenoxy) is 2. The fourth-order valence-electron chi connectivity index (χ4n) is 1.59. The van der Waals surface area contributed by atoms with Crippen LogP contribution in [0.25, 0.3) is 5.57 Å². The summed E-state index contributed by atoms with van der Waals surface area (Å²) in [5, 5.41) is 0. The zero-order valence-electron chi connectivity index (χ0n) is 10.6. The molecule has 0 spiro atoms. The number of para-hydroxylation sites is 1. The van der Waals surface area contributed by atoms with Crippen LogP contribution >= 0.6 is 0 Å². The molecule has 0 aliphatic rings. The zero-order valence-corrected chi connectivity index (χ0v) is 10.6. The zero-order chi connectivity index (χ0) is 13.5. The first-order valence-electron chi connectivity index (χ1n) is 5.87. The highest BCUT2D eigenvalue weighted by Gasteiger charge is 2.12. The van der Waals surface area contributed by atoms with Gasteiger partial charge >= 0.3 is 5.97 Å². The van der Waals surface area contributed by atoms with E-state index in [1.165, 1.54) is 13.4 Å². The van der Waals surface area contributed by atoms with Crippen molar-refractivity contribution >= 4 is 11.5 Å². The fourth-order valence-corrected chi connectivity index (χ4v) is 1.59. The van der Waals surface area contributed by atoms with Gasteiger partial charge in [-0.15, -0.1) is 0 Å². The minimum absolute atomic E-state index is 0.381. The van der Waals surface area contributed by atoms with Gasteiger partial charge in [-0.3, -0.25) is 0 Å². The standard InChI is InChI=1S/C16H14O3/c1-18-16(17)15(13-8-4-2-5-9-13)12-19-14-10-6-3-7-11-14/h2-12H,1H3/b15-12-. The predicted molar refractivity (Wildman–Crippen MR) is 73.5 cm³/mol. The molecule has 0 bridgehead atoms. The Morgan fingerprint density at radius 3 is 2.11 bits per heavy atom. The molecule has 0 fully saturated rings. The van der Waals surface area contributed by atoms with E-state index < -0.39 is 5.97 Å². The molecule has 2 aromatic carbocycles. The smallest absolute Gasteiger partial charge is 0.341 e. The third-order valence-electron chi connectivity index (χ3n) is 2.55. The van der Waals surface area contributed by atoms with E-state index in [2.05, 4.69) is 0 Å². The quantitative estimate of drug-likeness (QED) is 0.477. The molecule has 0 saturated heterocycles. The van der Waals surface area contributed by atoms with Crippen LogP contribution in [0.2, 0.25) is 0 Å². The second-order valence-electron chi connectivity index (χ2n) is 3.82. The second kappa shape index (κ2) is 6.40. The molecular formula is C16H14O3. The van der Waals surface area contributed by atoms with E-state index in [1.54, 1.807) is 0 Å². The van der Waals surface area contributed by atoms with Gasteiger partial charge in [0.05, 0.1) is 7.11 Å². The maximum absolute atomic E-state index is 11.8. The van der Waals surface area contributed by atoms with Crippen molar-refractivity contribution < 1.29 is 14.3 Å². The third-order valence-corrected chi connectivity index (χ3v) is 2.55. The Morgan fingerprint density at radius 2 is 1.53 bits per heavy atom. The van der Waals surface area contributed by atoms with Gasteiger partial charge in [0.25, 0.3) is 0 Å². The molecule has 0 aliphatic carbocycles. The molecule has 0 saturated carbocycles. The highest BCUT2D eigenvalue weighted by molar-refractivity contribution is 6.16. The van der Waals surface area contributed by atoms with E-state index in [0.29, 0.717) is 11.3 Å². The summed E-state index contributed by atoms with van der Waals surface area (Å²) >= 11 is 0. The first kappa shape index (κ1) is 12.9. The van der Waals surface area contributed by atoms with Crippen molar-refractivity contribution in [1.82, 2.24) is 0 Å². The minimum atomic E-state index is -0.429.